The fourth-order valence-electron chi connectivity index (χ4n) is 2.77. The van der Waals surface area contributed by atoms with Crippen LogP contribution < -0.4 is 0 Å². The molecule has 0 saturated heterocycles. The van der Waals surface area contributed by atoms with Crippen molar-refractivity contribution in [2.45, 2.75) is 19.8 Å². The summed E-state index contributed by atoms with van der Waals surface area (Å²) >= 11 is 0. The molecule has 3 rings (SSSR count). The Kier molecular flexibility index (Phi) is 5.06. The Labute approximate surface area is 151 Å². The molecule has 0 aliphatic carbocycles. The molecule has 0 spiro atoms. The van der Waals surface area contributed by atoms with Gasteiger partial charge < -0.3 is 4.90 Å². The van der Waals surface area contributed by atoms with Gasteiger partial charge in [-0.25, -0.2) is 4.39 Å². The van der Waals surface area contributed by atoms with Crippen molar-refractivity contribution in [3.63, 3.8) is 0 Å². The van der Waals surface area contributed by atoms with Crippen molar-refractivity contribution >= 4 is 5.91 Å². The summed E-state index contributed by atoms with van der Waals surface area (Å²) in [7, 11) is 1.63. The molecule has 1 amide bonds. The molecule has 26 heavy (non-hydrogen) atoms. The van der Waals surface area contributed by atoms with Gasteiger partial charge in [-0.3, -0.25) is 4.79 Å². The minimum Gasteiger partial charge on any atom is -0.341 e. The number of aromatic amines is 1. The Morgan fingerprint density at radius 1 is 1.19 bits per heavy atom. The lowest BCUT2D eigenvalue weighted by atomic mass is 10.0. The van der Waals surface area contributed by atoms with Crippen molar-refractivity contribution in [2.75, 3.05) is 13.6 Å². The van der Waals surface area contributed by atoms with E-state index in [4.69, 9.17) is 0 Å². The van der Waals surface area contributed by atoms with Gasteiger partial charge >= 0.3 is 0 Å². The molecule has 6 nitrogen and oxygen atoms in total. The summed E-state index contributed by atoms with van der Waals surface area (Å²) in [6, 6.07) is 12.5. The number of halogens is 1. The molecule has 1 heterocycles. The van der Waals surface area contributed by atoms with Crippen LogP contribution in [0, 0.1) is 12.7 Å². The van der Waals surface area contributed by atoms with Crippen molar-refractivity contribution in [3.8, 4) is 11.1 Å². The van der Waals surface area contributed by atoms with Crippen molar-refractivity contribution in [1.82, 2.24) is 25.5 Å². The SMILES string of the molecule is Cc1ccc(-c2ccc(C(=O)N(C)CC(C)c3nn[nH]n3)c(F)c2)cc1. The fourth-order valence-corrected chi connectivity index (χ4v) is 2.77. The zero-order valence-electron chi connectivity index (χ0n) is 14.9. The van der Waals surface area contributed by atoms with Crippen LogP contribution >= 0.6 is 0 Å². The van der Waals surface area contributed by atoms with E-state index in [0.29, 0.717) is 12.4 Å². The third-order valence-corrected chi connectivity index (χ3v) is 4.28. The zero-order chi connectivity index (χ0) is 18.7. The molecule has 1 atom stereocenters. The quantitative estimate of drug-likeness (QED) is 0.764. The number of carbonyl (C=O) groups excluding carboxylic acids is 1. The first-order valence-electron chi connectivity index (χ1n) is 8.31. The van der Waals surface area contributed by atoms with Crippen LogP contribution in [-0.2, 0) is 0 Å². The Hall–Kier alpha value is -3.09. The average molecular weight is 353 g/mol. The third-order valence-electron chi connectivity index (χ3n) is 4.28. The predicted molar refractivity (Wildman–Crippen MR) is 96.1 cm³/mol. The molecule has 134 valence electrons. The van der Waals surface area contributed by atoms with Gasteiger partial charge in [-0.1, -0.05) is 48.0 Å². The van der Waals surface area contributed by atoms with Gasteiger partial charge in [0.2, 0.25) is 0 Å². The summed E-state index contributed by atoms with van der Waals surface area (Å²) in [6.45, 7) is 4.24. The molecule has 1 N–H and O–H groups in total. The maximum absolute atomic E-state index is 14.5. The molecule has 0 saturated carbocycles. The number of benzene rings is 2. The van der Waals surface area contributed by atoms with Gasteiger partial charge in [0.1, 0.15) is 5.82 Å². The number of nitrogens with zero attached hydrogens (tertiary/aromatic N) is 4. The van der Waals surface area contributed by atoms with E-state index in [1.54, 1.807) is 13.1 Å². The van der Waals surface area contributed by atoms with Crippen LogP contribution in [0.15, 0.2) is 42.5 Å². The Morgan fingerprint density at radius 2 is 1.88 bits per heavy atom. The van der Waals surface area contributed by atoms with Gasteiger partial charge in [0.25, 0.3) is 5.91 Å². The summed E-state index contributed by atoms with van der Waals surface area (Å²) in [5.41, 5.74) is 2.83. The zero-order valence-corrected chi connectivity index (χ0v) is 14.9. The van der Waals surface area contributed by atoms with Crippen LogP contribution in [0.25, 0.3) is 11.1 Å². The van der Waals surface area contributed by atoms with E-state index >= 15 is 0 Å². The first kappa shape index (κ1) is 17.7. The van der Waals surface area contributed by atoms with E-state index in [2.05, 4.69) is 20.6 Å². The molecular weight excluding hydrogens is 333 g/mol. The highest BCUT2D eigenvalue weighted by molar-refractivity contribution is 5.95. The number of hydrogen-bond donors (Lipinski definition) is 1. The number of aryl methyl sites for hydroxylation is 1. The number of nitrogens with one attached hydrogen (secondary N) is 1. The van der Waals surface area contributed by atoms with E-state index in [1.165, 1.54) is 17.0 Å². The first-order valence-corrected chi connectivity index (χ1v) is 8.31. The number of H-pyrrole nitrogens is 1. The Balaban J connectivity index is 1.76. The van der Waals surface area contributed by atoms with E-state index in [0.717, 1.165) is 16.7 Å². The van der Waals surface area contributed by atoms with Crippen molar-refractivity contribution < 1.29 is 9.18 Å². The van der Waals surface area contributed by atoms with E-state index in [9.17, 15) is 9.18 Å². The molecule has 0 aliphatic heterocycles. The van der Waals surface area contributed by atoms with Crippen LogP contribution in [0.4, 0.5) is 4.39 Å². The summed E-state index contributed by atoms with van der Waals surface area (Å²) in [6.07, 6.45) is 0. The molecule has 1 unspecified atom stereocenters. The lowest BCUT2D eigenvalue weighted by molar-refractivity contribution is 0.0782. The topological polar surface area (TPSA) is 74.8 Å². The normalized spacial score (nSPS) is 12.0. The highest BCUT2D eigenvalue weighted by Crippen LogP contribution is 2.23. The van der Waals surface area contributed by atoms with Gasteiger partial charge in [0.15, 0.2) is 5.82 Å². The highest BCUT2D eigenvalue weighted by Gasteiger charge is 2.20. The van der Waals surface area contributed by atoms with Gasteiger partial charge in [-0.05, 0) is 30.2 Å². The smallest absolute Gasteiger partial charge is 0.256 e. The van der Waals surface area contributed by atoms with Crippen LogP contribution in [0.5, 0.6) is 0 Å². The van der Waals surface area contributed by atoms with E-state index in [1.807, 2.05) is 38.1 Å². The van der Waals surface area contributed by atoms with Gasteiger partial charge in [-0.15, -0.1) is 10.2 Å². The molecule has 1 aromatic heterocycles. The number of aromatic nitrogens is 4. The van der Waals surface area contributed by atoms with Crippen LogP contribution in [0.1, 0.15) is 34.6 Å². The molecule has 0 radical (unpaired) electrons. The fraction of sp³-hybridized carbons (Fsp3) is 0.263. The predicted octanol–water partition coefficient (Wildman–Crippen LogP) is 3.19. The van der Waals surface area contributed by atoms with Crippen molar-refractivity contribution in [2.24, 2.45) is 0 Å². The van der Waals surface area contributed by atoms with E-state index in [-0.39, 0.29) is 17.4 Å². The largest absolute Gasteiger partial charge is 0.341 e. The summed E-state index contributed by atoms with van der Waals surface area (Å²) in [5.74, 6) is -0.516. The van der Waals surface area contributed by atoms with Crippen molar-refractivity contribution in [1.29, 1.82) is 0 Å². The molecule has 7 heteroatoms. The maximum atomic E-state index is 14.5. The molecule has 3 aromatic rings. The summed E-state index contributed by atoms with van der Waals surface area (Å²) in [4.78, 5) is 14.0. The minimum atomic E-state index is -0.535. The number of rotatable bonds is 5. The number of hydrogen-bond acceptors (Lipinski definition) is 4. The highest BCUT2D eigenvalue weighted by atomic mass is 19.1. The monoisotopic (exact) mass is 353 g/mol. The Bertz CT molecular complexity index is 893. The van der Waals surface area contributed by atoms with Crippen LogP contribution in [0.3, 0.4) is 0 Å². The second-order valence-corrected chi connectivity index (χ2v) is 6.42. The van der Waals surface area contributed by atoms with Gasteiger partial charge in [-0.2, -0.15) is 5.21 Å². The van der Waals surface area contributed by atoms with E-state index < -0.39 is 5.82 Å². The standard InChI is InChI=1S/C19H20FN5O/c1-12-4-6-14(7-5-12)15-8-9-16(17(20)10-15)19(26)25(3)11-13(2)18-21-23-24-22-18/h4-10,13H,11H2,1-3H3,(H,21,22,23,24). The van der Waals surface area contributed by atoms with Gasteiger partial charge in [0, 0.05) is 19.5 Å². The minimum absolute atomic E-state index is 0.0451. The lowest BCUT2D eigenvalue weighted by Crippen LogP contribution is -2.31. The number of amides is 1. The number of tetrazole rings is 1. The van der Waals surface area contributed by atoms with Crippen LogP contribution in [-0.4, -0.2) is 45.0 Å². The molecular formula is C19H20FN5O. The van der Waals surface area contributed by atoms with Gasteiger partial charge in [0.05, 0.1) is 5.56 Å². The molecule has 2 aromatic carbocycles. The summed E-state index contributed by atoms with van der Waals surface area (Å²) in [5, 5.41) is 13.7. The molecule has 0 bridgehead atoms. The second-order valence-electron chi connectivity index (χ2n) is 6.42. The number of likely N-dealkylation sites (N-methyl/N-ethyl adjacent to an activating group) is 1. The first-order chi connectivity index (χ1) is 12.5. The second kappa shape index (κ2) is 7.43. The molecule has 0 aliphatic rings. The van der Waals surface area contributed by atoms with Crippen LogP contribution in [0.2, 0.25) is 0 Å². The molecule has 0 fully saturated rings. The number of carbonyl (C=O) groups is 1. The lowest BCUT2D eigenvalue weighted by Gasteiger charge is -2.20. The summed E-state index contributed by atoms with van der Waals surface area (Å²) < 4.78 is 14.5. The van der Waals surface area contributed by atoms with Crippen molar-refractivity contribution in [3.05, 3.63) is 65.2 Å². The maximum Gasteiger partial charge on any atom is 0.256 e. The Morgan fingerprint density at radius 3 is 2.50 bits per heavy atom. The average Bonchev–Trinajstić information content (AvgIpc) is 3.16. The third kappa shape index (κ3) is 3.77.